The van der Waals surface area contributed by atoms with Crippen molar-refractivity contribution in [1.82, 2.24) is 25.1 Å². The number of benzene rings is 2. The van der Waals surface area contributed by atoms with Crippen LogP contribution in [0.1, 0.15) is 59.9 Å². The van der Waals surface area contributed by atoms with Crippen LogP contribution in [0.25, 0.3) is 0 Å². The number of nitrogens with zero attached hydrogens (tertiary/aromatic N) is 4. The summed E-state index contributed by atoms with van der Waals surface area (Å²) in [6.07, 6.45) is -4.16. The second kappa shape index (κ2) is 15.5. The molecule has 15 heteroatoms. The lowest BCUT2D eigenvalue weighted by atomic mass is 9.73. The van der Waals surface area contributed by atoms with Gasteiger partial charge in [0.15, 0.2) is 0 Å². The lowest BCUT2D eigenvalue weighted by molar-refractivity contribution is -0.138. The third-order valence-electron chi connectivity index (χ3n) is 7.40. The van der Waals surface area contributed by atoms with Crippen molar-refractivity contribution >= 4 is 29.1 Å². The molecule has 2 heterocycles. The first kappa shape index (κ1) is 37.8. The van der Waals surface area contributed by atoms with Crippen LogP contribution in [0.2, 0.25) is 10.0 Å². The number of halogens is 8. The Labute approximate surface area is 278 Å². The molecule has 2 aromatic heterocycles. The molecule has 4 rings (SSSR count). The number of nitrogens with one attached hydrogen (secondary N) is 1. The second-order valence-electron chi connectivity index (χ2n) is 11.7. The molecule has 0 bridgehead atoms. The van der Waals surface area contributed by atoms with E-state index in [1.165, 1.54) is 18.0 Å². The minimum atomic E-state index is -4.69. The van der Waals surface area contributed by atoms with Gasteiger partial charge in [0.25, 0.3) is 5.91 Å². The Morgan fingerprint density at radius 1 is 0.936 bits per heavy atom. The van der Waals surface area contributed by atoms with E-state index in [-0.39, 0.29) is 29.1 Å². The van der Waals surface area contributed by atoms with Crippen LogP contribution in [0.15, 0.2) is 73.4 Å². The summed E-state index contributed by atoms with van der Waals surface area (Å²) in [7, 11) is 0. The third kappa shape index (κ3) is 10.9. The van der Waals surface area contributed by atoms with Crippen LogP contribution < -0.4 is 5.32 Å². The topological polar surface area (TPSA) is 92.9 Å². The van der Waals surface area contributed by atoms with Gasteiger partial charge in [-0.05, 0) is 54.2 Å². The standard InChI is InChI=1S/C16H11ClF6N2O.C16H22ClN3O/c17-12-7-9(15(18,19)20)8-25-13(12)5-6-24-14(26)10-3-1-2-4-11(10)16(21,22)23;1-15(2,3)16(21,10-20-12-18-11-19-20)9-8-13-4-6-14(17)7-5-13/h1-4,7-8H,5-6H2,(H,24,26);4-7,11-12,21H,8-10H2,1-3H3. The van der Waals surface area contributed by atoms with Gasteiger partial charge in [-0.3, -0.25) is 14.5 Å². The Morgan fingerprint density at radius 2 is 1.60 bits per heavy atom. The molecular formula is C32H33Cl2F6N5O2. The van der Waals surface area contributed by atoms with E-state index in [4.69, 9.17) is 23.2 Å². The SMILES string of the molecule is CC(C)(C)C(O)(CCc1ccc(Cl)cc1)Cn1cncn1.O=C(NCCc1ncc(C(F)(F)F)cc1Cl)c1ccccc1C(F)(F)F. The normalized spacial score (nSPS) is 13.4. The molecule has 0 aliphatic rings. The average Bonchev–Trinajstić information content (AvgIpc) is 3.49. The Kier molecular flexibility index (Phi) is 12.4. The first-order chi connectivity index (χ1) is 21.8. The summed E-state index contributed by atoms with van der Waals surface area (Å²) in [5.41, 5.74) is -2.51. The zero-order valence-electron chi connectivity index (χ0n) is 25.6. The van der Waals surface area contributed by atoms with Gasteiger partial charge in [-0.2, -0.15) is 31.4 Å². The maximum atomic E-state index is 12.9. The molecule has 0 aliphatic heterocycles. The second-order valence-corrected chi connectivity index (χ2v) is 12.5. The fraction of sp³-hybridized carbons (Fsp3) is 0.375. The van der Waals surface area contributed by atoms with Crippen molar-refractivity contribution in [2.45, 2.75) is 64.5 Å². The van der Waals surface area contributed by atoms with Gasteiger partial charge < -0.3 is 10.4 Å². The quantitative estimate of drug-likeness (QED) is 0.172. The fourth-order valence-corrected chi connectivity index (χ4v) is 4.79. The predicted octanol–water partition coefficient (Wildman–Crippen LogP) is 8.09. The number of hydrogen-bond donors (Lipinski definition) is 2. The Balaban J connectivity index is 0.000000261. The minimum Gasteiger partial charge on any atom is -0.387 e. The number of amides is 1. The van der Waals surface area contributed by atoms with Gasteiger partial charge in [0.05, 0.1) is 39.6 Å². The Morgan fingerprint density at radius 3 is 2.15 bits per heavy atom. The summed E-state index contributed by atoms with van der Waals surface area (Å²) in [6.45, 7) is 6.43. The number of aryl methyl sites for hydroxylation is 1. The summed E-state index contributed by atoms with van der Waals surface area (Å²) in [6, 6.07) is 12.7. The molecule has 1 unspecified atom stereocenters. The molecule has 47 heavy (non-hydrogen) atoms. The lowest BCUT2D eigenvalue weighted by Gasteiger charge is -2.40. The van der Waals surface area contributed by atoms with Crippen molar-refractivity contribution < 1.29 is 36.2 Å². The summed E-state index contributed by atoms with van der Waals surface area (Å²) in [5, 5.41) is 18.0. The van der Waals surface area contributed by atoms with E-state index in [1.807, 2.05) is 45.0 Å². The highest BCUT2D eigenvalue weighted by atomic mass is 35.5. The summed E-state index contributed by atoms with van der Waals surface area (Å²) in [4.78, 5) is 19.5. The molecule has 0 saturated heterocycles. The monoisotopic (exact) mass is 703 g/mol. The summed E-state index contributed by atoms with van der Waals surface area (Å²) < 4.78 is 77.9. The predicted molar refractivity (Wildman–Crippen MR) is 166 cm³/mol. The van der Waals surface area contributed by atoms with Crippen LogP contribution in [0, 0.1) is 5.41 Å². The summed E-state index contributed by atoms with van der Waals surface area (Å²) >= 11 is 11.6. The van der Waals surface area contributed by atoms with E-state index in [1.54, 1.807) is 11.0 Å². The van der Waals surface area contributed by atoms with E-state index in [2.05, 4.69) is 20.4 Å². The molecule has 0 saturated carbocycles. The Hall–Kier alpha value is -3.68. The largest absolute Gasteiger partial charge is 0.417 e. The van der Waals surface area contributed by atoms with E-state index < -0.39 is 40.6 Å². The molecule has 254 valence electrons. The minimum absolute atomic E-state index is 0.0447. The molecule has 1 atom stereocenters. The molecule has 7 nitrogen and oxygen atoms in total. The fourth-order valence-electron chi connectivity index (χ4n) is 4.40. The number of aromatic nitrogens is 4. The van der Waals surface area contributed by atoms with E-state index >= 15 is 0 Å². The van der Waals surface area contributed by atoms with Crippen LogP contribution in [0.5, 0.6) is 0 Å². The zero-order valence-corrected chi connectivity index (χ0v) is 27.1. The number of alkyl halides is 6. The number of hydrogen-bond acceptors (Lipinski definition) is 5. The third-order valence-corrected chi connectivity index (χ3v) is 7.98. The van der Waals surface area contributed by atoms with Crippen molar-refractivity contribution in [1.29, 1.82) is 0 Å². The lowest BCUT2D eigenvalue weighted by Crippen LogP contribution is -2.47. The number of pyridine rings is 1. The van der Waals surface area contributed by atoms with E-state index in [0.29, 0.717) is 25.2 Å². The number of carbonyl (C=O) groups is 1. The van der Waals surface area contributed by atoms with Gasteiger partial charge in [-0.15, -0.1) is 0 Å². The highest BCUT2D eigenvalue weighted by Gasteiger charge is 2.40. The maximum absolute atomic E-state index is 12.9. The first-order valence-corrected chi connectivity index (χ1v) is 15.0. The van der Waals surface area contributed by atoms with Gasteiger partial charge in [0, 0.05) is 24.2 Å². The number of carbonyl (C=O) groups excluding carboxylic acids is 1. The van der Waals surface area contributed by atoms with Crippen molar-refractivity contribution in [3.63, 3.8) is 0 Å². The van der Waals surface area contributed by atoms with Crippen LogP contribution >= 0.6 is 23.2 Å². The highest BCUT2D eigenvalue weighted by molar-refractivity contribution is 6.31. The van der Waals surface area contributed by atoms with Crippen molar-refractivity contribution in [3.8, 4) is 0 Å². The van der Waals surface area contributed by atoms with Gasteiger partial charge in [0.2, 0.25) is 0 Å². The molecule has 0 aliphatic carbocycles. The molecule has 2 N–H and O–H groups in total. The van der Waals surface area contributed by atoms with Crippen molar-refractivity contribution in [2.75, 3.05) is 6.54 Å². The van der Waals surface area contributed by atoms with Gasteiger partial charge in [-0.25, -0.2) is 4.98 Å². The number of rotatable bonds is 9. The van der Waals surface area contributed by atoms with Gasteiger partial charge >= 0.3 is 12.4 Å². The molecule has 2 aromatic carbocycles. The molecular weight excluding hydrogens is 671 g/mol. The Bertz CT molecular complexity index is 1610. The molecule has 4 aromatic rings. The van der Waals surface area contributed by atoms with E-state index in [0.717, 1.165) is 29.6 Å². The molecule has 1 amide bonds. The molecule has 0 fully saturated rings. The van der Waals surface area contributed by atoms with Crippen LogP contribution in [-0.4, -0.2) is 42.9 Å². The molecule has 0 spiro atoms. The van der Waals surface area contributed by atoms with Gasteiger partial charge in [0.1, 0.15) is 12.7 Å². The van der Waals surface area contributed by atoms with Crippen molar-refractivity contribution in [3.05, 3.63) is 111 Å². The van der Waals surface area contributed by atoms with E-state index in [9.17, 15) is 36.2 Å². The highest BCUT2D eigenvalue weighted by Crippen LogP contribution is 2.36. The van der Waals surface area contributed by atoms with Crippen molar-refractivity contribution in [2.24, 2.45) is 5.41 Å². The summed E-state index contributed by atoms with van der Waals surface area (Å²) in [5.74, 6) is -0.957. The van der Waals surface area contributed by atoms with Gasteiger partial charge in [-0.1, -0.05) is 68.2 Å². The average molecular weight is 705 g/mol. The first-order valence-electron chi connectivity index (χ1n) is 14.3. The number of aliphatic hydroxyl groups is 1. The molecule has 0 radical (unpaired) electrons. The maximum Gasteiger partial charge on any atom is 0.417 e. The van der Waals surface area contributed by atoms with Crippen LogP contribution in [-0.2, 0) is 31.7 Å². The zero-order chi connectivity index (χ0) is 35.0. The van der Waals surface area contributed by atoms with Crippen LogP contribution in [0.3, 0.4) is 0 Å². The van der Waals surface area contributed by atoms with Crippen LogP contribution in [0.4, 0.5) is 26.3 Å². The smallest absolute Gasteiger partial charge is 0.387 e.